The van der Waals surface area contributed by atoms with Crippen LogP contribution in [0.3, 0.4) is 0 Å². The van der Waals surface area contributed by atoms with Crippen molar-refractivity contribution in [3.05, 3.63) is 40.9 Å². The summed E-state index contributed by atoms with van der Waals surface area (Å²) in [6.07, 6.45) is 6.50. The Morgan fingerprint density at radius 3 is 2.86 bits per heavy atom. The van der Waals surface area contributed by atoms with E-state index in [-0.39, 0.29) is 17.9 Å². The van der Waals surface area contributed by atoms with Crippen LogP contribution in [-0.2, 0) is 4.79 Å². The molecule has 0 radical (unpaired) electrons. The Bertz CT molecular complexity index is 864. The number of amides is 2. The maximum atomic E-state index is 13.1. The molecule has 1 aliphatic carbocycles. The van der Waals surface area contributed by atoms with Gasteiger partial charge in [-0.15, -0.1) is 23.1 Å². The van der Waals surface area contributed by atoms with E-state index in [2.05, 4.69) is 10.3 Å². The first-order valence-electron chi connectivity index (χ1n) is 9.49. The molecule has 1 aromatic carbocycles. The van der Waals surface area contributed by atoms with Gasteiger partial charge in [-0.25, -0.2) is 4.98 Å². The van der Waals surface area contributed by atoms with E-state index in [0.717, 1.165) is 23.5 Å². The van der Waals surface area contributed by atoms with Gasteiger partial charge in [0.15, 0.2) is 5.13 Å². The van der Waals surface area contributed by atoms with Gasteiger partial charge < -0.3 is 15.0 Å². The van der Waals surface area contributed by atoms with Crippen LogP contribution in [0.25, 0.3) is 0 Å². The molecule has 2 aliphatic rings. The molecule has 0 spiro atoms. The average Bonchev–Trinajstić information content (AvgIpc) is 3.43. The second-order valence-electron chi connectivity index (χ2n) is 7.11. The molecule has 1 unspecified atom stereocenters. The lowest BCUT2D eigenvalue weighted by Crippen LogP contribution is -2.44. The first-order valence-corrected chi connectivity index (χ1v) is 11.5. The minimum Gasteiger partial charge on any atom is -0.490 e. The fourth-order valence-electron chi connectivity index (χ4n) is 3.53. The normalized spacial score (nSPS) is 19.8. The summed E-state index contributed by atoms with van der Waals surface area (Å²) < 4.78 is 6.02. The number of thioether (sulfide) groups is 1. The molecule has 1 atom stereocenters. The van der Waals surface area contributed by atoms with E-state index in [9.17, 15) is 9.59 Å². The summed E-state index contributed by atoms with van der Waals surface area (Å²) in [5.41, 5.74) is 0.556. The highest BCUT2D eigenvalue weighted by molar-refractivity contribution is 7.99. The molecular weight excluding hydrogens is 394 g/mol. The Morgan fingerprint density at radius 1 is 1.29 bits per heavy atom. The Morgan fingerprint density at radius 2 is 2.11 bits per heavy atom. The molecular formula is C20H23N3O3S2. The van der Waals surface area contributed by atoms with Gasteiger partial charge in [-0.2, -0.15) is 0 Å². The number of rotatable bonds is 5. The number of carbonyl (C=O) groups excluding carboxylic acids is 2. The molecule has 4 rings (SSSR count). The van der Waals surface area contributed by atoms with Crippen molar-refractivity contribution >= 4 is 40.0 Å². The zero-order valence-corrected chi connectivity index (χ0v) is 17.4. The minimum atomic E-state index is -0.499. The Balaban J connectivity index is 1.44. The third kappa shape index (κ3) is 4.33. The zero-order chi connectivity index (χ0) is 19.5. The summed E-state index contributed by atoms with van der Waals surface area (Å²) in [7, 11) is 0. The van der Waals surface area contributed by atoms with E-state index in [1.807, 2.05) is 19.1 Å². The van der Waals surface area contributed by atoms with Crippen molar-refractivity contribution in [2.24, 2.45) is 0 Å². The van der Waals surface area contributed by atoms with Crippen LogP contribution in [0.2, 0.25) is 0 Å². The van der Waals surface area contributed by atoms with Crippen LogP contribution in [-0.4, -0.2) is 45.5 Å². The van der Waals surface area contributed by atoms with Crippen molar-refractivity contribution < 1.29 is 14.3 Å². The summed E-state index contributed by atoms with van der Waals surface area (Å²) in [4.78, 5) is 32.6. The fourth-order valence-corrected chi connectivity index (χ4v) is 5.35. The number of benzene rings is 1. The maximum Gasteiger partial charge on any atom is 0.255 e. The highest BCUT2D eigenvalue weighted by atomic mass is 32.2. The molecule has 6 nitrogen and oxygen atoms in total. The molecule has 8 heteroatoms. The number of ether oxygens (including phenoxy) is 1. The van der Waals surface area contributed by atoms with Gasteiger partial charge in [0, 0.05) is 22.4 Å². The summed E-state index contributed by atoms with van der Waals surface area (Å²) in [6.45, 7) is 1.94. The van der Waals surface area contributed by atoms with Crippen LogP contribution in [0.5, 0.6) is 5.75 Å². The zero-order valence-electron chi connectivity index (χ0n) is 15.7. The van der Waals surface area contributed by atoms with Crippen molar-refractivity contribution in [2.45, 2.75) is 44.8 Å². The summed E-state index contributed by atoms with van der Waals surface area (Å²) in [5, 5.41) is 3.41. The number of anilines is 1. The van der Waals surface area contributed by atoms with Gasteiger partial charge in [-0.1, -0.05) is 6.07 Å². The molecule has 1 aliphatic heterocycles. The topological polar surface area (TPSA) is 71.5 Å². The lowest BCUT2D eigenvalue weighted by molar-refractivity contribution is -0.119. The minimum absolute atomic E-state index is 0.141. The molecule has 1 aromatic heterocycles. The van der Waals surface area contributed by atoms with Crippen molar-refractivity contribution in [1.29, 1.82) is 0 Å². The SMILES string of the molecule is Cc1cnc(NC(=O)C2CSCN2C(=O)c2cccc(OC3CCCC3)c2)s1. The molecule has 0 bridgehead atoms. The standard InChI is InChI=1S/C20H23N3O3S2/c1-13-10-21-20(28-13)22-18(24)17-11-27-12-23(17)19(25)14-5-4-8-16(9-14)26-15-6-2-3-7-15/h4-5,8-10,15,17H,2-3,6-7,11-12H2,1H3,(H,21,22,24). The second kappa shape index (κ2) is 8.53. The van der Waals surface area contributed by atoms with Crippen molar-refractivity contribution in [2.75, 3.05) is 16.9 Å². The summed E-state index contributed by atoms with van der Waals surface area (Å²) >= 11 is 3.01. The quantitative estimate of drug-likeness (QED) is 0.798. The molecule has 28 heavy (non-hydrogen) atoms. The lowest BCUT2D eigenvalue weighted by atomic mass is 10.1. The number of thiazole rings is 1. The molecule has 2 heterocycles. The van der Waals surface area contributed by atoms with Crippen LogP contribution in [0, 0.1) is 6.92 Å². The van der Waals surface area contributed by atoms with E-state index in [1.165, 1.54) is 24.2 Å². The number of nitrogens with zero attached hydrogens (tertiary/aromatic N) is 2. The second-order valence-corrected chi connectivity index (χ2v) is 9.34. The number of carbonyl (C=O) groups is 2. The molecule has 1 saturated carbocycles. The van der Waals surface area contributed by atoms with Gasteiger partial charge in [0.25, 0.3) is 5.91 Å². The van der Waals surface area contributed by atoms with Crippen molar-refractivity contribution in [3.8, 4) is 5.75 Å². The fraction of sp³-hybridized carbons (Fsp3) is 0.450. The van der Waals surface area contributed by atoms with Crippen molar-refractivity contribution in [1.82, 2.24) is 9.88 Å². The van der Waals surface area contributed by atoms with Crippen LogP contribution in [0.15, 0.2) is 30.5 Å². The largest absolute Gasteiger partial charge is 0.490 e. The third-order valence-electron chi connectivity index (χ3n) is 4.98. The number of nitrogens with one attached hydrogen (secondary N) is 1. The van der Waals surface area contributed by atoms with Crippen molar-refractivity contribution in [3.63, 3.8) is 0 Å². The van der Waals surface area contributed by atoms with E-state index in [0.29, 0.717) is 22.3 Å². The Kier molecular flexibility index (Phi) is 5.87. The van der Waals surface area contributed by atoms with Gasteiger partial charge in [0.2, 0.25) is 5.91 Å². The monoisotopic (exact) mass is 417 g/mol. The third-order valence-corrected chi connectivity index (χ3v) is 6.82. The van der Waals surface area contributed by atoms with Crippen LogP contribution >= 0.6 is 23.1 Å². The smallest absolute Gasteiger partial charge is 0.255 e. The van der Waals surface area contributed by atoms with Crippen LogP contribution < -0.4 is 10.1 Å². The molecule has 148 valence electrons. The summed E-state index contributed by atoms with van der Waals surface area (Å²) in [6, 6.07) is 6.81. The predicted octanol–water partition coefficient (Wildman–Crippen LogP) is 3.93. The molecule has 2 aromatic rings. The predicted molar refractivity (Wildman–Crippen MR) is 112 cm³/mol. The van der Waals surface area contributed by atoms with E-state index in [1.54, 1.807) is 35.0 Å². The van der Waals surface area contributed by atoms with Gasteiger partial charge >= 0.3 is 0 Å². The number of aromatic nitrogens is 1. The molecule has 1 saturated heterocycles. The maximum absolute atomic E-state index is 13.1. The summed E-state index contributed by atoms with van der Waals surface area (Å²) in [5.74, 6) is 1.48. The Hall–Kier alpha value is -2.06. The van der Waals surface area contributed by atoms with Gasteiger partial charge in [0.1, 0.15) is 11.8 Å². The number of aryl methyl sites for hydroxylation is 1. The van der Waals surface area contributed by atoms with E-state index < -0.39 is 6.04 Å². The highest BCUT2D eigenvalue weighted by Gasteiger charge is 2.35. The lowest BCUT2D eigenvalue weighted by Gasteiger charge is -2.23. The van der Waals surface area contributed by atoms with E-state index in [4.69, 9.17) is 4.74 Å². The van der Waals surface area contributed by atoms with Gasteiger partial charge in [0.05, 0.1) is 12.0 Å². The number of hydrogen-bond acceptors (Lipinski definition) is 6. The molecule has 1 N–H and O–H groups in total. The Labute approximate surface area is 172 Å². The van der Waals surface area contributed by atoms with Gasteiger partial charge in [-0.3, -0.25) is 9.59 Å². The molecule has 2 amide bonds. The first-order chi connectivity index (χ1) is 13.6. The highest BCUT2D eigenvalue weighted by Crippen LogP contribution is 2.28. The van der Waals surface area contributed by atoms with Crippen LogP contribution in [0.1, 0.15) is 40.9 Å². The average molecular weight is 418 g/mol. The van der Waals surface area contributed by atoms with E-state index >= 15 is 0 Å². The number of hydrogen-bond donors (Lipinski definition) is 1. The first kappa shape index (κ1) is 19.3. The van der Waals surface area contributed by atoms with Crippen LogP contribution in [0.4, 0.5) is 5.13 Å². The molecule has 2 fully saturated rings. The van der Waals surface area contributed by atoms with Gasteiger partial charge in [-0.05, 0) is 50.8 Å².